The minimum Gasteiger partial charge on any atom is -0.322 e. The number of rotatable bonds is 3. The Kier molecular flexibility index (Phi) is 3.96. The molecular formula is C16H21N3. The number of nitrogens with zero attached hydrogens (tertiary/aromatic N) is 2. The first kappa shape index (κ1) is 13.7. The van der Waals surface area contributed by atoms with E-state index in [1.165, 1.54) is 5.56 Å². The van der Waals surface area contributed by atoms with E-state index in [2.05, 4.69) is 48.1 Å². The Balaban J connectivity index is 2.41. The van der Waals surface area contributed by atoms with Crippen LogP contribution in [-0.4, -0.2) is 9.97 Å². The molecule has 3 heteroatoms. The molecule has 2 aromatic rings. The highest BCUT2D eigenvalue weighted by atomic mass is 14.9. The average Bonchev–Trinajstić information content (AvgIpc) is 2.38. The van der Waals surface area contributed by atoms with Gasteiger partial charge in [-0.1, -0.05) is 38.1 Å². The van der Waals surface area contributed by atoms with E-state index in [1.807, 2.05) is 19.9 Å². The van der Waals surface area contributed by atoms with Crippen LogP contribution in [0.4, 0.5) is 0 Å². The second-order valence-corrected chi connectivity index (χ2v) is 5.32. The Labute approximate surface area is 114 Å². The van der Waals surface area contributed by atoms with Crippen LogP contribution in [0.3, 0.4) is 0 Å². The van der Waals surface area contributed by atoms with Crippen LogP contribution >= 0.6 is 0 Å². The maximum Gasteiger partial charge on any atom is 0.145 e. The van der Waals surface area contributed by atoms with Crippen molar-refractivity contribution in [1.29, 1.82) is 0 Å². The van der Waals surface area contributed by atoms with Crippen LogP contribution in [-0.2, 0) is 0 Å². The van der Waals surface area contributed by atoms with Crippen molar-refractivity contribution in [2.45, 2.75) is 39.7 Å². The molecule has 2 N–H and O–H groups in total. The standard InChI is InChI=1S/C16H21N3/c1-10(2)13-5-7-14(8-6-13)15-9-11(3)18-16(19-15)12(4)17/h5-10,12H,17H2,1-4H3. The Morgan fingerprint density at radius 3 is 2.16 bits per heavy atom. The maximum atomic E-state index is 5.87. The van der Waals surface area contributed by atoms with Gasteiger partial charge in [-0.25, -0.2) is 9.97 Å². The Hall–Kier alpha value is -1.74. The second kappa shape index (κ2) is 5.49. The first-order chi connectivity index (χ1) is 8.97. The molecule has 0 aliphatic rings. The molecule has 1 unspecified atom stereocenters. The summed E-state index contributed by atoms with van der Waals surface area (Å²) in [5, 5.41) is 0. The van der Waals surface area contributed by atoms with Gasteiger partial charge in [0.05, 0.1) is 11.7 Å². The number of hydrogen-bond donors (Lipinski definition) is 1. The third kappa shape index (κ3) is 3.18. The molecule has 3 nitrogen and oxygen atoms in total. The lowest BCUT2D eigenvalue weighted by atomic mass is 10.0. The first-order valence-corrected chi connectivity index (χ1v) is 6.69. The number of aromatic nitrogens is 2. The van der Waals surface area contributed by atoms with Gasteiger partial charge in [-0.3, -0.25) is 0 Å². The molecule has 0 saturated carbocycles. The quantitative estimate of drug-likeness (QED) is 0.911. The topological polar surface area (TPSA) is 51.8 Å². The van der Waals surface area contributed by atoms with Crippen molar-refractivity contribution in [1.82, 2.24) is 9.97 Å². The van der Waals surface area contributed by atoms with Crippen molar-refractivity contribution in [3.63, 3.8) is 0 Å². The van der Waals surface area contributed by atoms with Crippen molar-refractivity contribution < 1.29 is 0 Å². The van der Waals surface area contributed by atoms with Gasteiger partial charge in [-0.2, -0.15) is 0 Å². The minimum absolute atomic E-state index is 0.145. The van der Waals surface area contributed by atoms with Gasteiger partial charge in [-0.05, 0) is 31.4 Å². The molecule has 0 spiro atoms. The molecule has 0 saturated heterocycles. The summed E-state index contributed by atoms with van der Waals surface area (Å²) in [6, 6.07) is 10.4. The van der Waals surface area contributed by atoms with Gasteiger partial charge in [0.2, 0.25) is 0 Å². The third-order valence-electron chi connectivity index (χ3n) is 3.15. The lowest BCUT2D eigenvalue weighted by molar-refractivity contribution is 0.735. The normalized spacial score (nSPS) is 12.7. The monoisotopic (exact) mass is 255 g/mol. The molecule has 0 fully saturated rings. The predicted octanol–water partition coefficient (Wildman–Crippen LogP) is 3.60. The van der Waals surface area contributed by atoms with E-state index in [0.29, 0.717) is 11.7 Å². The van der Waals surface area contributed by atoms with E-state index >= 15 is 0 Å². The minimum atomic E-state index is -0.145. The zero-order valence-corrected chi connectivity index (χ0v) is 12.0. The summed E-state index contributed by atoms with van der Waals surface area (Å²) in [5.41, 5.74) is 10.2. The van der Waals surface area contributed by atoms with Gasteiger partial charge in [0, 0.05) is 11.3 Å². The van der Waals surface area contributed by atoms with Crippen molar-refractivity contribution in [2.75, 3.05) is 0 Å². The maximum absolute atomic E-state index is 5.87. The average molecular weight is 255 g/mol. The summed E-state index contributed by atoms with van der Waals surface area (Å²) in [5.74, 6) is 1.24. The van der Waals surface area contributed by atoms with Gasteiger partial charge in [0.1, 0.15) is 5.82 Å². The molecular weight excluding hydrogens is 234 g/mol. The second-order valence-electron chi connectivity index (χ2n) is 5.32. The highest BCUT2D eigenvalue weighted by Crippen LogP contribution is 2.22. The van der Waals surface area contributed by atoms with Crippen molar-refractivity contribution in [3.05, 3.63) is 47.4 Å². The number of benzene rings is 1. The summed E-state index contributed by atoms with van der Waals surface area (Å²) >= 11 is 0. The third-order valence-corrected chi connectivity index (χ3v) is 3.15. The lowest BCUT2D eigenvalue weighted by Gasteiger charge is -2.10. The van der Waals surface area contributed by atoms with E-state index in [0.717, 1.165) is 17.0 Å². The Morgan fingerprint density at radius 2 is 1.63 bits per heavy atom. The zero-order chi connectivity index (χ0) is 14.0. The van der Waals surface area contributed by atoms with Gasteiger partial charge >= 0.3 is 0 Å². The molecule has 0 radical (unpaired) electrons. The fourth-order valence-electron chi connectivity index (χ4n) is 1.98. The van der Waals surface area contributed by atoms with Crippen LogP contribution in [0.5, 0.6) is 0 Å². The summed E-state index contributed by atoms with van der Waals surface area (Å²) < 4.78 is 0. The summed E-state index contributed by atoms with van der Waals surface area (Å²) in [4.78, 5) is 8.91. The molecule has 0 aliphatic carbocycles. The molecule has 100 valence electrons. The highest BCUT2D eigenvalue weighted by molar-refractivity contribution is 5.60. The fraction of sp³-hybridized carbons (Fsp3) is 0.375. The van der Waals surface area contributed by atoms with Crippen LogP contribution in [0.1, 0.15) is 49.8 Å². The predicted molar refractivity (Wildman–Crippen MR) is 78.9 cm³/mol. The highest BCUT2D eigenvalue weighted by Gasteiger charge is 2.08. The van der Waals surface area contributed by atoms with Crippen molar-refractivity contribution in [2.24, 2.45) is 5.73 Å². The van der Waals surface area contributed by atoms with Crippen LogP contribution in [0, 0.1) is 6.92 Å². The Morgan fingerprint density at radius 1 is 1.00 bits per heavy atom. The molecule has 1 aromatic heterocycles. The molecule has 0 aliphatic heterocycles. The number of nitrogens with two attached hydrogens (primary N) is 1. The summed E-state index contributed by atoms with van der Waals surface area (Å²) in [7, 11) is 0. The number of aryl methyl sites for hydroxylation is 1. The van der Waals surface area contributed by atoms with Crippen molar-refractivity contribution in [3.8, 4) is 11.3 Å². The fourth-order valence-corrected chi connectivity index (χ4v) is 1.98. The van der Waals surface area contributed by atoms with Crippen LogP contribution in [0.15, 0.2) is 30.3 Å². The van der Waals surface area contributed by atoms with E-state index in [-0.39, 0.29) is 6.04 Å². The zero-order valence-electron chi connectivity index (χ0n) is 12.0. The lowest BCUT2D eigenvalue weighted by Crippen LogP contribution is -2.11. The van der Waals surface area contributed by atoms with E-state index in [9.17, 15) is 0 Å². The van der Waals surface area contributed by atoms with Gasteiger partial charge in [0.15, 0.2) is 0 Å². The first-order valence-electron chi connectivity index (χ1n) is 6.69. The SMILES string of the molecule is Cc1cc(-c2ccc(C(C)C)cc2)nc(C(C)N)n1. The van der Waals surface area contributed by atoms with E-state index in [4.69, 9.17) is 5.73 Å². The molecule has 19 heavy (non-hydrogen) atoms. The van der Waals surface area contributed by atoms with Crippen molar-refractivity contribution >= 4 is 0 Å². The van der Waals surface area contributed by atoms with Gasteiger partial charge in [0.25, 0.3) is 0 Å². The molecule has 0 amide bonds. The van der Waals surface area contributed by atoms with E-state index < -0.39 is 0 Å². The molecule has 1 heterocycles. The smallest absolute Gasteiger partial charge is 0.145 e. The summed E-state index contributed by atoms with van der Waals surface area (Å²) in [6.45, 7) is 8.26. The van der Waals surface area contributed by atoms with Crippen LogP contribution in [0.2, 0.25) is 0 Å². The Bertz CT molecular complexity index is 557. The van der Waals surface area contributed by atoms with Gasteiger partial charge in [-0.15, -0.1) is 0 Å². The van der Waals surface area contributed by atoms with Gasteiger partial charge < -0.3 is 5.73 Å². The van der Waals surface area contributed by atoms with Crippen LogP contribution in [0.25, 0.3) is 11.3 Å². The molecule has 1 aromatic carbocycles. The molecule has 0 bridgehead atoms. The van der Waals surface area contributed by atoms with E-state index in [1.54, 1.807) is 0 Å². The molecule has 1 atom stereocenters. The molecule has 2 rings (SSSR count). The summed E-state index contributed by atoms with van der Waals surface area (Å²) in [6.07, 6.45) is 0. The van der Waals surface area contributed by atoms with Crippen LogP contribution < -0.4 is 5.73 Å². The largest absolute Gasteiger partial charge is 0.322 e. The number of hydrogen-bond acceptors (Lipinski definition) is 3.